The molecule has 0 unspecified atom stereocenters. The van der Waals surface area contributed by atoms with Gasteiger partial charge in [-0.05, 0) is 0 Å². The predicted molar refractivity (Wildman–Crippen MR) is 26.5 cm³/mol. The van der Waals surface area contributed by atoms with E-state index in [1.165, 1.54) is 10.5 Å². The Labute approximate surface area is 54.5 Å². The van der Waals surface area contributed by atoms with E-state index < -0.39 is 0 Å². The normalized spacial score (nSPS) is 19.4. The van der Waals surface area contributed by atoms with E-state index in [0.717, 1.165) is 6.42 Å². The second kappa shape index (κ2) is 2.44. The monoisotopic (exact) mass is 272 g/mol. The first-order valence-electron chi connectivity index (χ1n) is 2.37. The van der Waals surface area contributed by atoms with Crippen molar-refractivity contribution in [3.05, 3.63) is 22.3 Å². The van der Waals surface area contributed by atoms with Crippen LogP contribution in [-0.4, -0.2) is 0 Å². The standard InChI is InChI=1S/C6H7.Ir/c1-2-4-6-5-3-1;/h1-2,5H,3-4H2;. The average molecular weight is 271 g/mol. The number of hydrogen-bond donors (Lipinski definition) is 0. The Hall–Kier alpha value is 0.129. The molecule has 0 nitrogen and oxygen atoms in total. The number of allylic oxidation sites excluding steroid dienone is 4. The van der Waals surface area contributed by atoms with Gasteiger partial charge < -0.3 is 0 Å². The van der Waals surface area contributed by atoms with E-state index in [1.54, 1.807) is 0 Å². The Bertz CT molecular complexity index is 111. The van der Waals surface area contributed by atoms with E-state index >= 15 is 0 Å². The first-order chi connectivity index (χ1) is 3.39. The molecule has 0 saturated heterocycles. The zero-order chi connectivity index (χ0) is 5.11. The molecule has 0 aromatic heterocycles. The first-order valence-corrected chi connectivity index (χ1v) is 3.56. The summed E-state index contributed by atoms with van der Waals surface area (Å²) in [6.45, 7) is 0. The van der Waals surface area contributed by atoms with Crippen LogP contribution < -0.4 is 0 Å². The Balaban J connectivity index is 2.50. The van der Waals surface area contributed by atoms with Gasteiger partial charge in [-0.3, -0.25) is 0 Å². The van der Waals surface area contributed by atoms with Crippen LogP contribution in [0.5, 0.6) is 0 Å². The van der Waals surface area contributed by atoms with Crippen molar-refractivity contribution in [2.24, 2.45) is 0 Å². The Morgan fingerprint density at radius 2 is 2.29 bits per heavy atom. The molecule has 0 spiro atoms. The van der Waals surface area contributed by atoms with Gasteiger partial charge in [0.05, 0.1) is 0 Å². The van der Waals surface area contributed by atoms with Crippen molar-refractivity contribution in [1.82, 2.24) is 0 Å². The third-order valence-corrected chi connectivity index (χ3v) is 1.91. The molecular weight excluding hydrogens is 264 g/mol. The molecule has 0 fully saturated rings. The molecule has 0 bridgehead atoms. The minimum absolute atomic E-state index is 1.14. The molecule has 0 aliphatic heterocycles. The van der Waals surface area contributed by atoms with E-state index in [1.807, 2.05) is 0 Å². The van der Waals surface area contributed by atoms with Crippen molar-refractivity contribution in [3.8, 4) is 0 Å². The van der Waals surface area contributed by atoms with Crippen molar-refractivity contribution in [2.45, 2.75) is 12.8 Å². The van der Waals surface area contributed by atoms with Gasteiger partial charge in [0, 0.05) is 0 Å². The van der Waals surface area contributed by atoms with E-state index in [9.17, 15) is 0 Å². The van der Waals surface area contributed by atoms with Gasteiger partial charge in [-0.15, -0.1) is 0 Å². The van der Waals surface area contributed by atoms with Gasteiger partial charge in [0.25, 0.3) is 0 Å². The second-order valence-electron chi connectivity index (χ2n) is 1.53. The second-order valence-corrected chi connectivity index (χ2v) is 3.07. The van der Waals surface area contributed by atoms with E-state index in [-0.39, 0.29) is 0 Å². The summed E-state index contributed by atoms with van der Waals surface area (Å²) >= 11 is 2.17. The van der Waals surface area contributed by atoms with Crippen molar-refractivity contribution >= 4 is 0 Å². The van der Waals surface area contributed by atoms with Gasteiger partial charge in [-0.1, -0.05) is 0 Å². The van der Waals surface area contributed by atoms with Gasteiger partial charge in [-0.25, -0.2) is 0 Å². The summed E-state index contributed by atoms with van der Waals surface area (Å²) in [4.78, 5) is 0. The summed E-state index contributed by atoms with van der Waals surface area (Å²) in [6.07, 6.45) is 8.99. The van der Waals surface area contributed by atoms with Crippen LogP contribution in [0.25, 0.3) is 0 Å². The molecule has 0 amide bonds. The van der Waals surface area contributed by atoms with Crippen LogP contribution >= 0.6 is 0 Å². The molecule has 1 aliphatic carbocycles. The van der Waals surface area contributed by atoms with Crippen molar-refractivity contribution < 1.29 is 18.9 Å². The van der Waals surface area contributed by atoms with Crippen molar-refractivity contribution in [1.29, 1.82) is 0 Å². The van der Waals surface area contributed by atoms with Crippen LogP contribution in [-0.2, 0) is 18.9 Å². The zero-order valence-corrected chi connectivity index (χ0v) is 6.37. The Morgan fingerprint density at radius 1 is 1.43 bits per heavy atom. The predicted octanol–water partition coefficient (Wildman–Crippen LogP) is 1.77. The minimum atomic E-state index is 1.14. The maximum absolute atomic E-state index is 2.26. The number of rotatable bonds is 0. The van der Waals surface area contributed by atoms with Crippen LogP contribution in [0, 0.1) is 0 Å². The SMILES string of the molecule is [Ir][C]1=CCC=CC1. The molecule has 7 heavy (non-hydrogen) atoms. The third-order valence-electron chi connectivity index (χ3n) is 0.937. The van der Waals surface area contributed by atoms with Gasteiger partial charge in [0.2, 0.25) is 0 Å². The van der Waals surface area contributed by atoms with Gasteiger partial charge >= 0.3 is 54.1 Å². The molecule has 40 valence electrons. The molecule has 1 heteroatoms. The molecule has 0 N–H and O–H groups in total. The van der Waals surface area contributed by atoms with Crippen LogP contribution in [0.1, 0.15) is 12.8 Å². The molecule has 0 aromatic carbocycles. The number of hydrogen-bond acceptors (Lipinski definition) is 0. The molecular formula is C6H7Ir. The van der Waals surface area contributed by atoms with Crippen LogP contribution in [0.2, 0.25) is 0 Å². The summed E-state index contributed by atoms with van der Waals surface area (Å²) in [5.41, 5.74) is 0. The van der Waals surface area contributed by atoms with E-state index in [0.29, 0.717) is 0 Å². The van der Waals surface area contributed by atoms with Crippen molar-refractivity contribution in [3.63, 3.8) is 0 Å². The summed E-state index contributed by atoms with van der Waals surface area (Å²) in [7, 11) is 0. The van der Waals surface area contributed by atoms with Gasteiger partial charge in [0.1, 0.15) is 0 Å². The Morgan fingerprint density at radius 3 is 2.57 bits per heavy atom. The summed E-state index contributed by atoms with van der Waals surface area (Å²) in [5.74, 6) is 0. The molecule has 0 aromatic rings. The van der Waals surface area contributed by atoms with Crippen LogP contribution in [0.15, 0.2) is 22.3 Å². The topological polar surface area (TPSA) is 0 Å². The fourth-order valence-electron chi connectivity index (χ4n) is 0.561. The van der Waals surface area contributed by atoms with Gasteiger partial charge in [-0.2, -0.15) is 0 Å². The van der Waals surface area contributed by atoms with E-state index in [4.69, 9.17) is 0 Å². The fraction of sp³-hybridized carbons (Fsp3) is 0.333. The Kier molecular flexibility index (Phi) is 1.84. The fourth-order valence-corrected chi connectivity index (χ4v) is 1.13. The van der Waals surface area contributed by atoms with Gasteiger partial charge in [0.15, 0.2) is 0 Å². The molecule has 0 saturated carbocycles. The molecule has 1 rings (SSSR count). The van der Waals surface area contributed by atoms with Crippen LogP contribution in [0.4, 0.5) is 0 Å². The molecule has 0 radical (unpaired) electrons. The summed E-state index contributed by atoms with van der Waals surface area (Å²) in [5, 5.41) is 0. The third kappa shape index (κ3) is 1.58. The molecule has 0 heterocycles. The first kappa shape index (κ1) is 5.27. The average Bonchev–Trinajstić information content (AvgIpc) is 1.69. The van der Waals surface area contributed by atoms with Crippen molar-refractivity contribution in [2.75, 3.05) is 0 Å². The zero-order valence-electron chi connectivity index (χ0n) is 3.98. The molecule has 1 aliphatic rings. The molecule has 0 atom stereocenters. The maximum atomic E-state index is 2.26. The van der Waals surface area contributed by atoms with Crippen LogP contribution in [0.3, 0.4) is 0 Å². The van der Waals surface area contributed by atoms with E-state index in [2.05, 4.69) is 37.1 Å². The summed E-state index contributed by atoms with van der Waals surface area (Å²) < 4.78 is 1.50. The summed E-state index contributed by atoms with van der Waals surface area (Å²) in [6, 6.07) is 0. The quantitative estimate of drug-likeness (QED) is 0.589.